The average molecular weight is 447 g/mol. The van der Waals surface area contributed by atoms with Crippen LogP contribution < -0.4 is 15.8 Å². The highest BCUT2D eigenvalue weighted by atomic mass is 127. The Morgan fingerprint density at radius 3 is 2.48 bits per heavy atom. The molecule has 7 heteroatoms. The largest absolute Gasteiger partial charge is 0.484 e. The molecule has 0 aliphatic heterocycles. The summed E-state index contributed by atoms with van der Waals surface area (Å²) in [7, 11) is 0. The molecule has 126 valence electrons. The van der Waals surface area contributed by atoms with Crippen LogP contribution in [0.25, 0.3) is 6.08 Å². The first kappa shape index (κ1) is 18.5. The van der Waals surface area contributed by atoms with Gasteiger partial charge in [0.15, 0.2) is 6.61 Å². The van der Waals surface area contributed by atoms with Gasteiger partial charge in [0, 0.05) is 3.57 Å². The number of anilines is 1. The molecule has 0 heterocycles. The standard InChI is InChI=1S/C18H14IN3O3/c19-15-3-1-2-4-16(15)22-18(24)13(10-20)9-12-5-7-14(8-6-12)25-11-17(21)23/h1-9H,11H2,(H2,21,23)(H,22,24)/b13-9-. The van der Waals surface area contributed by atoms with Crippen molar-refractivity contribution in [3.63, 3.8) is 0 Å². The second kappa shape index (κ2) is 8.84. The van der Waals surface area contributed by atoms with Gasteiger partial charge < -0.3 is 15.8 Å². The fourth-order valence-corrected chi connectivity index (χ4v) is 2.40. The maximum atomic E-state index is 12.3. The smallest absolute Gasteiger partial charge is 0.266 e. The SMILES string of the molecule is N#C/C(=C/c1ccc(OCC(N)=O)cc1)C(=O)Nc1ccccc1I. The van der Waals surface area contributed by atoms with Gasteiger partial charge in [-0.3, -0.25) is 9.59 Å². The van der Waals surface area contributed by atoms with Gasteiger partial charge in [-0.1, -0.05) is 24.3 Å². The second-order valence-corrected chi connectivity index (χ2v) is 6.09. The van der Waals surface area contributed by atoms with Crippen molar-refractivity contribution >= 4 is 46.2 Å². The zero-order valence-electron chi connectivity index (χ0n) is 13.0. The lowest BCUT2D eigenvalue weighted by Gasteiger charge is -2.06. The maximum absolute atomic E-state index is 12.3. The highest BCUT2D eigenvalue weighted by Gasteiger charge is 2.11. The van der Waals surface area contributed by atoms with E-state index in [0.29, 0.717) is 17.0 Å². The van der Waals surface area contributed by atoms with Gasteiger partial charge in [-0.25, -0.2) is 0 Å². The number of carbonyl (C=O) groups excluding carboxylic acids is 2. The molecule has 0 aliphatic carbocycles. The number of nitrogens with two attached hydrogens (primary N) is 1. The van der Waals surface area contributed by atoms with Crippen LogP contribution in [0.15, 0.2) is 54.1 Å². The third-order valence-electron chi connectivity index (χ3n) is 3.06. The summed E-state index contributed by atoms with van der Waals surface area (Å²) in [5.41, 5.74) is 6.28. The van der Waals surface area contributed by atoms with Gasteiger partial charge in [0.2, 0.25) is 0 Å². The molecule has 0 spiro atoms. The third kappa shape index (κ3) is 5.61. The van der Waals surface area contributed by atoms with E-state index < -0.39 is 11.8 Å². The number of para-hydroxylation sites is 1. The van der Waals surface area contributed by atoms with Gasteiger partial charge in [0.1, 0.15) is 17.4 Å². The van der Waals surface area contributed by atoms with Crippen LogP contribution in [0.1, 0.15) is 5.56 Å². The summed E-state index contributed by atoms with van der Waals surface area (Å²) in [5.74, 6) is -0.582. The molecular weight excluding hydrogens is 433 g/mol. The van der Waals surface area contributed by atoms with Crippen LogP contribution in [0.5, 0.6) is 5.75 Å². The van der Waals surface area contributed by atoms with Crippen molar-refractivity contribution in [3.8, 4) is 11.8 Å². The van der Waals surface area contributed by atoms with Gasteiger partial charge in [-0.05, 0) is 58.5 Å². The molecule has 25 heavy (non-hydrogen) atoms. The molecule has 0 saturated carbocycles. The van der Waals surface area contributed by atoms with Crippen LogP contribution in [0, 0.1) is 14.9 Å². The molecule has 6 nitrogen and oxygen atoms in total. The molecule has 2 amide bonds. The molecular formula is C18H14IN3O3. The van der Waals surface area contributed by atoms with E-state index >= 15 is 0 Å². The van der Waals surface area contributed by atoms with Crippen LogP contribution in [-0.4, -0.2) is 18.4 Å². The number of amides is 2. The normalized spacial score (nSPS) is 10.6. The van der Waals surface area contributed by atoms with E-state index in [2.05, 4.69) is 27.9 Å². The lowest BCUT2D eigenvalue weighted by Crippen LogP contribution is -2.19. The van der Waals surface area contributed by atoms with Gasteiger partial charge in [0.05, 0.1) is 5.69 Å². The lowest BCUT2D eigenvalue weighted by atomic mass is 10.1. The summed E-state index contributed by atoms with van der Waals surface area (Å²) >= 11 is 2.10. The van der Waals surface area contributed by atoms with E-state index in [1.165, 1.54) is 6.08 Å². The van der Waals surface area contributed by atoms with Gasteiger partial charge in [-0.2, -0.15) is 5.26 Å². The number of carbonyl (C=O) groups is 2. The van der Waals surface area contributed by atoms with E-state index in [-0.39, 0.29) is 12.2 Å². The van der Waals surface area contributed by atoms with Crippen molar-refractivity contribution in [1.29, 1.82) is 5.26 Å². The number of rotatable bonds is 6. The van der Waals surface area contributed by atoms with Crippen LogP contribution in [0.3, 0.4) is 0 Å². The van der Waals surface area contributed by atoms with Gasteiger partial charge >= 0.3 is 0 Å². The van der Waals surface area contributed by atoms with E-state index in [1.54, 1.807) is 36.4 Å². The zero-order chi connectivity index (χ0) is 18.2. The summed E-state index contributed by atoms with van der Waals surface area (Å²) in [4.78, 5) is 22.9. The minimum Gasteiger partial charge on any atom is -0.484 e. The summed E-state index contributed by atoms with van der Waals surface area (Å²) in [6.45, 7) is -0.212. The zero-order valence-corrected chi connectivity index (χ0v) is 15.2. The van der Waals surface area contributed by atoms with Gasteiger partial charge in [0.25, 0.3) is 11.8 Å². The van der Waals surface area contributed by atoms with Crippen molar-refractivity contribution < 1.29 is 14.3 Å². The first-order valence-corrected chi connectivity index (χ1v) is 8.26. The molecule has 0 saturated heterocycles. The topological polar surface area (TPSA) is 105 Å². The number of hydrogen-bond acceptors (Lipinski definition) is 4. The summed E-state index contributed by atoms with van der Waals surface area (Å²) in [6.07, 6.45) is 1.48. The summed E-state index contributed by atoms with van der Waals surface area (Å²) in [6, 6.07) is 15.8. The minimum atomic E-state index is -0.567. The Morgan fingerprint density at radius 1 is 1.20 bits per heavy atom. The van der Waals surface area contributed by atoms with E-state index in [9.17, 15) is 14.9 Å². The van der Waals surface area contributed by atoms with Crippen LogP contribution in [0.2, 0.25) is 0 Å². The highest BCUT2D eigenvalue weighted by Crippen LogP contribution is 2.19. The average Bonchev–Trinajstić information content (AvgIpc) is 2.60. The molecule has 2 rings (SSSR count). The molecule has 3 N–H and O–H groups in total. The van der Waals surface area contributed by atoms with Crippen molar-refractivity contribution in [2.75, 3.05) is 11.9 Å². The Labute approximate surface area is 158 Å². The summed E-state index contributed by atoms with van der Waals surface area (Å²) < 4.78 is 6.03. The Balaban J connectivity index is 2.11. The Morgan fingerprint density at radius 2 is 1.88 bits per heavy atom. The number of benzene rings is 2. The number of ether oxygens (including phenoxy) is 1. The van der Waals surface area contributed by atoms with E-state index in [4.69, 9.17) is 10.5 Å². The van der Waals surface area contributed by atoms with Crippen LogP contribution >= 0.6 is 22.6 Å². The molecule has 2 aromatic carbocycles. The Hall–Kier alpha value is -2.86. The van der Waals surface area contributed by atoms with Crippen molar-refractivity contribution in [3.05, 3.63) is 63.2 Å². The van der Waals surface area contributed by atoms with E-state index in [0.717, 1.165) is 3.57 Å². The van der Waals surface area contributed by atoms with E-state index in [1.807, 2.05) is 18.2 Å². The molecule has 0 fully saturated rings. The molecule has 0 aromatic heterocycles. The predicted molar refractivity (Wildman–Crippen MR) is 103 cm³/mol. The first-order chi connectivity index (χ1) is 12.0. The Bertz CT molecular complexity index is 855. The summed E-state index contributed by atoms with van der Waals surface area (Å²) in [5, 5.41) is 12.0. The molecule has 0 unspecified atom stereocenters. The fourth-order valence-electron chi connectivity index (χ4n) is 1.88. The minimum absolute atomic E-state index is 0.0227. The quantitative estimate of drug-likeness (QED) is 0.404. The first-order valence-electron chi connectivity index (χ1n) is 7.18. The number of halogens is 1. The number of nitrogens with one attached hydrogen (secondary N) is 1. The predicted octanol–water partition coefficient (Wildman–Crippen LogP) is 2.70. The van der Waals surface area contributed by atoms with Crippen molar-refractivity contribution in [2.45, 2.75) is 0 Å². The van der Waals surface area contributed by atoms with Gasteiger partial charge in [-0.15, -0.1) is 0 Å². The fraction of sp³-hybridized carbons (Fsp3) is 0.0556. The lowest BCUT2D eigenvalue weighted by molar-refractivity contribution is -0.120. The molecule has 0 radical (unpaired) electrons. The molecule has 0 aliphatic rings. The third-order valence-corrected chi connectivity index (χ3v) is 4.00. The van der Waals surface area contributed by atoms with Crippen molar-refractivity contribution in [2.24, 2.45) is 5.73 Å². The van der Waals surface area contributed by atoms with Crippen molar-refractivity contribution in [1.82, 2.24) is 0 Å². The maximum Gasteiger partial charge on any atom is 0.266 e. The number of hydrogen-bond donors (Lipinski definition) is 2. The monoisotopic (exact) mass is 447 g/mol. The number of nitriles is 1. The molecule has 0 bridgehead atoms. The highest BCUT2D eigenvalue weighted by molar-refractivity contribution is 14.1. The Kier molecular flexibility index (Phi) is 6.54. The second-order valence-electron chi connectivity index (χ2n) is 4.93. The molecule has 0 atom stereocenters. The number of nitrogens with zero attached hydrogens (tertiary/aromatic N) is 1. The number of primary amides is 1. The van der Waals surface area contributed by atoms with Crippen LogP contribution in [-0.2, 0) is 9.59 Å². The molecule has 2 aromatic rings. The van der Waals surface area contributed by atoms with Crippen LogP contribution in [0.4, 0.5) is 5.69 Å².